The highest BCUT2D eigenvalue weighted by atomic mass is 32.3. The van der Waals surface area contributed by atoms with Crippen molar-refractivity contribution < 1.29 is 26.3 Å². The summed E-state index contributed by atoms with van der Waals surface area (Å²) < 4.78 is 62.3. The quantitative estimate of drug-likeness (QED) is 0.775. The third-order valence-corrected chi connectivity index (χ3v) is 6.25. The van der Waals surface area contributed by atoms with Crippen LogP contribution in [-0.4, -0.2) is 31.1 Å². The lowest BCUT2D eigenvalue weighted by Crippen LogP contribution is -2.24. The zero-order valence-electron chi connectivity index (χ0n) is 12.3. The summed E-state index contributed by atoms with van der Waals surface area (Å²) in [5, 5.41) is 0. The van der Waals surface area contributed by atoms with Crippen LogP contribution in [0, 0.1) is 0 Å². The lowest BCUT2D eigenvalue weighted by molar-refractivity contribution is 0.402. The normalized spacial score (nSPS) is 11.9. The van der Waals surface area contributed by atoms with Gasteiger partial charge in [-0.3, -0.25) is 0 Å². The van der Waals surface area contributed by atoms with Crippen molar-refractivity contribution in [1.29, 1.82) is 0 Å². The largest absolute Gasteiger partial charge is 0.495 e. The molecule has 0 saturated heterocycles. The van der Waals surface area contributed by atoms with Crippen molar-refractivity contribution in [3.63, 3.8) is 0 Å². The number of ether oxygens (including phenoxy) is 2. The first-order chi connectivity index (χ1) is 10.8. The van der Waals surface area contributed by atoms with Crippen molar-refractivity contribution in [3.8, 4) is 11.5 Å². The van der Waals surface area contributed by atoms with Gasteiger partial charge < -0.3 is 9.47 Å². The van der Waals surface area contributed by atoms with Crippen LogP contribution in [0.5, 0.6) is 11.5 Å². The molecular formula is C14H14NO6S2. The van der Waals surface area contributed by atoms with E-state index in [-0.39, 0.29) is 21.3 Å². The minimum atomic E-state index is -4.48. The van der Waals surface area contributed by atoms with Crippen LogP contribution in [0.3, 0.4) is 0 Å². The number of hydrogen-bond donors (Lipinski definition) is 0. The third-order valence-electron chi connectivity index (χ3n) is 2.89. The Bertz CT molecular complexity index is 831. The molecule has 0 fully saturated rings. The minimum absolute atomic E-state index is 0.00600. The van der Waals surface area contributed by atoms with Crippen molar-refractivity contribution in [1.82, 2.24) is 4.13 Å². The van der Waals surface area contributed by atoms with Crippen molar-refractivity contribution in [2.45, 2.75) is 9.79 Å². The van der Waals surface area contributed by atoms with E-state index in [9.17, 15) is 16.8 Å². The lowest BCUT2D eigenvalue weighted by atomic mass is 10.3. The molecule has 9 heteroatoms. The van der Waals surface area contributed by atoms with E-state index in [0.29, 0.717) is 0 Å². The first kappa shape index (κ1) is 17.3. The number of sulfonamides is 2. The van der Waals surface area contributed by atoms with Crippen molar-refractivity contribution in [3.05, 3.63) is 48.5 Å². The second-order valence-corrected chi connectivity index (χ2v) is 7.70. The van der Waals surface area contributed by atoms with E-state index < -0.39 is 20.0 Å². The number of para-hydroxylation sites is 2. The number of nitrogens with zero attached hydrogens (tertiary/aromatic N) is 1. The van der Waals surface area contributed by atoms with Crippen LogP contribution < -0.4 is 13.6 Å². The molecule has 0 aliphatic rings. The molecule has 23 heavy (non-hydrogen) atoms. The highest BCUT2D eigenvalue weighted by molar-refractivity contribution is 8.04. The predicted octanol–water partition coefficient (Wildman–Crippen LogP) is 1.39. The van der Waals surface area contributed by atoms with Gasteiger partial charge in [0.05, 0.1) is 14.2 Å². The molecule has 0 aliphatic heterocycles. The summed E-state index contributed by atoms with van der Waals surface area (Å²) in [5.41, 5.74) is 0. The Labute approximate surface area is 135 Å². The first-order valence-electron chi connectivity index (χ1n) is 6.32. The second kappa shape index (κ2) is 6.57. The second-order valence-electron chi connectivity index (χ2n) is 4.33. The van der Waals surface area contributed by atoms with Crippen molar-refractivity contribution >= 4 is 20.0 Å². The van der Waals surface area contributed by atoms with Gasteiger partial charge >= 0.3 is 0 Å². The Morgan fingerprint density at radius 2 is 1.04 bits per heavy atom. The summed E-state index contributed by atoms with van der Waals surface area (Å²) in [7, 11) is -6.39. The van der Waals surface area contributed by atoms with E-state index in [0.717, 1.165) is 0 Å². The van der Waals surface area contributed by atoms with Gasteiger partial charge in [-0.15, -0.1) is 0 Å². The molecule has 1 radical (unpaired) electrons. The fourth-order valence-electron chi connectivity index (χ4n) is 1.87. The molecule has 123 valence electrons. The molecule has 0 N–H and O–H groups in total. The van der Waals surface area contributed by atoms with Gasteiger partial charge in [0.2, 0.25) is 0 Å². The van der Waals surface area contributed by atoms with E-state index in [2.05, 4.69) is 4.13 Å². The van der Waals surface area contributed by atoms with E-state index >= 15 is 0 Å². The topological polar surface area (TPSA) is 101 Å². The van der Waals surface area contributed by atoms with Gasteiger partial charge in [0.25, 0.3) is 20.0 Å². The molecule has 2 aromatic carbocycles. The van der Waals surface area contributed by atoms with Crippen molar-refractivity contribution in [2.75, 3.05) is 14.2 Å². The monoisotopic (exact) mass is 356 g/mol. The summed E-state index contributed by atoms with van der Waals surface area (Å²) in [6.07, 6.45) is 0. The molecule has 0 heterocycles. The van der Waals surface area contributed by atoms with Gasteiger partial charge in [0, 0.05) is 4.13 Å². The molecule has 0 aliphatic carbocycles. The predicted molar refractivity (Wildman–Crippen MR) is 82.5 cm³/mol. The van der Waals surface area contributed by atoms with Gasteiger partial charge in [-0.2, -0.15) is 0 Å². The summed E-state index contributed by atoms with van der Waals surface area (Å²) in [6.45, 7) is 0. The van der Waals surface area contributed by atoms with Crippen LogP contribution in [0.4, 0.5) is 0 Å². The van der Waals surface area contributed by atoms with Crippen LogP contribution in [0.15, 0.2) is 58.3 Å². The molecule has 0 spiro atoms. The molecule has 2 aromatic rings. The average molecular weight is 356 g/mol. The Hall–Kier alpha value is -2.10. The zero-order valence-corrected chi connectivity index (χ0v) is 14.0. The standard InChI is InChI=1S/C14H14NO6S2/c1-20-11-7-3-5-9-13(11)22(16,17)15-23(18,19)14-10-6-4-8-12(14)21-2/h3-10H,1-2H3. The maximum absolute atomic E-state index is 12.3. The van der Waals surface area contributed by atoms with Crippen LogP contribution >= 0.6 is 0 Å². The Kier molecular flexibility index (Phi) is 4.93. The number of rotatable bonds is 6. The fourth-order valence-corrected chi connectivity index (χ4v) is 4.86. The van der Waals surface area contributed by atoms with E-state index in [1.54, 1.807) is 12.1 Å². The lowest BCUT2D eigenvalue weighted by Gasteiger charge is -2.11. The van der Waals surface area contributed by atoms with E-state index in [1.807, 2.05) is 0 Å². The smallest absolute Gasteiger partial charge is 0.275 e. The first-order valence-corrected chi connectivity index (χ1v) is 9.20. The van der Waals surface area contributed by atoms with Gasteiger partial charge in [0.1, 0.15) is 21.3 Å². The van der Waals surface area contributed by atoms with E-state index in [4.69, 9.17) is 9.47 Å². The maximum Gasteiger partial charge on any atom is 0.275 e. The Morgan fingerprint density at radius 1 is 0.696 bits per heavy atom. The summed E-state index contributed by atoms with van der Waals surface area (Å²) >= 11 is 0. The summed E-state index contributed by atoms with van der Waals surface area (Å²) in [6, 6.07) is 11.3. The minimum Gasteiger partial charge on any atom is -0.495 e. The van der Waals surface area contributed by atoms with Gasteiger partial charge in [-0.1, -0.05) is 24.3 Å². The van der Waals surface area contributed by atoms with Gasteiger partial charge in [-0.25, -0.2) is 16.8 Å². The molecule has 2 rings (SSSR count). The number of hydrogen-bond acceptors (Lipinski definition) is 6. The highest BCUT2D eigenvalue weighted by Gasteiger charge is 2.31. The fraction of sp³-hybridized carbons (Fsp3) is 0.143. The third kappa shape index (κ3) is 3.63. The Morgan fingerprint density at radius 3 is 1.39 bits per heavy atom. The van der Waals surface area contributed by atoms with Crippen LogP contribution in [0.2, 0.25) is 0 Å². The Balaban J connectivity index is 2.48. The van der Waals surface area contributed by atoms with Crippen molar-refractivity contribution in [2.24, 2.45) is 0 Å². The molecule has 0 bridgehead atoms. The molecule has 0 unspecified atom stereocenters. The van der Waals surface area contributed by atoms with Crippen LogP contribution in [0.1, 0.15) is 0 Å². The highest BCUT2D eigenvalue weighted by Crippen LogP contribution is 2.27. The number of benzene rings is 2. The molecule has 0 saturated carbocycles. The van der Waals surface area contributed by atoms with Crippen LogP contribution in [0.25, 0.3) is 0 Å². The molecule has 0 aromatic heterocycles. The zero-order chi connectivity index (χ0) is 17.1. The molecule has 7 nitrogen and oxygen atoms in total. The van der Waals surface area contributed by atoms with Gasteiger partial charge in [0.15, 0.2) is 0 Å². The average Bonchev–Trinajstić information content (AvgIpc) is 2.53. The SMILES string of the molecule is COc1ccccc1S(=O)(=O)[N]S(=O)(=O)c1ccccc1OC. The molecule has 0 atom stereocenters. The number of methoxy groups -OCH3 is 2. The van der Waals surface area contributed by atoms with Crippen LogP contribution in [-0.2, 0) is 20.0 Å². The van der Waals surface area contributed by atoms with E-state index in [1.165, 1.54) is 50.6 Å². The molecular weight excluding hydrogens is 342 g/mol. The van der Waals surface area contributed by atoms with Gasteiger partial charge in [-0.05, 0) is 24.3 Å². The maximum atomic E-state index is 12.3. The molecule has 0 amide bonds. The summed E-state index contributed by atoms with van der Waals surface area (Å²) in [4.78, 5) is -0.665. The summed E-state index contributed by atoms with van der Waals surface area (Å²) in [5.74, 6) is 0.0120.